The van der Waals surface area contributed by atoms with Gasteiger partial charge in [-0.2, -0.15) is 5.10 Å². The van der Waals surface area contributed by atoms with E-state index in [-0.39, 0.29) is 5.91 Å². The van der Waals surface area contributed by atoms with Crippen LogP contribution in [0.15, 0.2) is 12.4 Å². The van der Waals surface area contributed by atoms with Crippen LogP contribution in [-0.2, 0) is 11.3 Å². The first-order chi connectivity index (χ1) is 6.89. The summed E-state index contributed by atoms with van der Waals surface area (Å²) in [5.41, 5.74) is -0.233. The van der Waals surface area contributed by atoms with E-state index in [2.05, 4.69) is 10.4 Å². The summed E-state index contributed by atoms with van der Waals surface area (Å²) < 4.78 is 1.75. The summed E-state index contributed by atoms with van der Waals surface area (Å²) in [4.78, 5) is 11.3. The second kappa shape index (κ2) is 4.44. The van der Waals surface area contributed by atoms with Crippen molar-refractivity contribution in [2.75, 3.05) is 6.54 Å². The average Bonchev–Trinajstić information content (AvgIpc) is 2.49. The first kappa shape index (κ1) is 11.7. The van der Waals surface area contributed by atoms with E-state index in [0.717, 1.165) is 5.56 Å². The van der Waals surface area contributed by atoms with Gasteiger partial charge in [-0.15, -0.1) is 0 Å². The fraction of sp³-hybridized carbons (Fsp3) is 0.600. The minimum absolute atomic E-state index is 0.369. The van der Waals surface area contributed by atoms with Gasteiger partial charge in [0.05, 0.1) is 12.7 Å². The summed E-state index contributed by atoms with van der Waals surface area (Å²) in [6.45, 7) is 5.94. The summed E-state index contributed by atoms with van der Waals surface area (Å²) in [6.07, 6.45) is 3.66. The number of amides is 1. The Balaban J connectivity index is 2.31. The molecule has 0 aliphatic rings. The monoisotopic (exact) mass is 211 g/mol. The lowest BCUT2D eigenvalue weighted by molar-refractivity contribution is -0.136. The number of carbonyl (C=O) groups excluding carboxylic acids is 1. The van der Waals surface area contributed by atoms with E-state index in [1.54, 1.807) is 10.9 Å². The van der Waals surface area contributed by atoms with Crippen LogP contribution in [0, 0.1) is 6.92 Å². The summed E-state index contributed by atoms with van der Waals surface area (Å²) in [6, 6.07) is 0. The van der Waals surface area contributed by atoms with E-state index in [0.29, 0.717) is 13.1 Å². The first-order valence-corrected chi connectivity index (χ1v) is 4.89. The van der Waals surface area contributed by atoms with Crippen molar-refractivity contribution in [1.29, 1.82) is 0 Å². The van der Waals surface area contributed by atoms with Crippen molar-refractivity contribution in [3.63, 3.8) is 0 Å². The van der Waals surface area contributed by atoms with Crippen LogP contribution in [0.1, 0.15) is 19.4 Å². The van der Waals surface area contributed by atoms with Gasteiger partial charge in [0, 0.05) is 12.7 Å². The van der Waals surface area contributed by atoms with Crippen LogP contribution in [0.25, 0.3) is 0 Å². The van der Waals surface area contributed by atoms with Crippen LogP contribution >= 0.6 is 0 Å². The van der Waals surface area contributed by atoms with Gasteiger partial charge in [0.15, 0.2) is 0 Å². The van der Waals surface area contributed by atoms with E-state index < -0.39 is 5.60 Å². The molecule has 15 heavy (non-hydrogen) atoms. The Labute approximate surface area is 89.1 Å². The molecule has 0 spiro atoms. The van der Waals surface area contributed by atoms with Gasteiger partial charge in [-0.05, 0) is 26.3 Å². The lowest BCUT2D eigenvalue weighted by Gasteiger charge is -2.16. The van der Waals surface area contributed by atoms with Crippen molar-refractivity contribution < 1.29 is 9.90 Å². The second-order valence-corrected chi connectivity index (χ2v) is 4.10. The first-order valence-electron chi connectivity index (χ1n) is 4.89. The largest absolute Gasteiger partial charge is 0.381 e. The van der Waals surface area contributed by atoms with Gasteiger partial charge in [0.2, 0.25) is 0 Å². The van der Waals surface area contributed by atoms with Crippen LogP contribution in [0.2, 0.25) is 0 Å². The molecule has 5 nitrogen and oxygen atoms in total. The fourth-order valence-corrected chi connectivity index (χ4v) is 1.09. The highest BCUT2D eigenvalue weighted by molar-refractivity contribution is 5.83. The van der Waals surface area contributed by atoms with Gasteiger partial charge in [-0.3, -0.25) is 9.48 Å². The molecule has 2 N–H and O–H groups in total. The maximum Gasteiger partial charge on any atom is 0.251 e. The van der Waals surface area contributed by atoms with E-state index in [1.807, 2.05) is 13.1 Å². The molecule has 0 aliphatic heterocycles. The number of nitrogens with one attached hydrogen (secondary N) is 1. The number of nitrogens with zero attached hydrogens (tertiary/aromatic N) is 2. The number of carbonyl (C=O) groups is 1. The normalized spacial score (nSPS) is 11.5. The minimum atomic E-state index is -1.32. The van der Waals surface area contributed by atoms with E-state index in [1.165, 1.54) is 13.8 Å². The number of hydrogen-bond donors (Lipinski definition) is 2. The molecular formula is C10H17N3O2. The predicted molar refractivity (Wildman–Crippen MR) is 56.3 cm³/mol. The van der Waals surface area contributed by atoms with Gasteiger partial charge >= 0.3 is 0 Å². The van der Waals surface area contributed by atoms with Crippen LogP contribution in [-0.4, -0.2) is 32.9 Å². The molecule has 0 bridgehead atoms. The molecule has 0 unspecified atom stereocenters. The molecule has 1 amide bonds. The molecular weight excluding hydrogens is 194 g/mol. The highest BCUT2D eigenvalue weighted by atomic mass is 16.3. The Hall–Kier alpha value is -1.36. The van der Waals surface area contributed by atoms with Crippen LogP contribution in [0.3, 0.4) is 0 Å². The number of aromatic nitrogens is 2. The van der Waals surface area contributed by atoms with Gasteiger partial charge < -0.3 is 10.4 Å². The number of rotatable bonds is 4. The molecule has 0 fully saturated rings. The number of hydrogen-bond acceptors (Lipinski definition) is 3. The standard InChI is InChI=1S/C10H17N3O2/c1-8-6-12-13(7-8)5-4-11-9(14)10(2,3)15/h6-7,15H,4-5H2,1-3H3,(H,11,14). The minimum Gasteiger partial charge on any atom is -0.381 e. The lowest BCUT2D eigenvalue weighted by Crippen LogP contribution is -2.43. The topological polar surface area (TPSA) is 67.2 Å². The Morgan fingerprint density at radius 3 is 2.80 bits per heavy atom. The molecule has 5 heteroatoms. The third-order valence-corrected chi connectivity index (χ3v) is 1.94. The van der Waals surface area contributed by atoms with Gasteiger partial charge in [-0.25, -0.2) is 0 Å². The lowest BCUT2D eigenvalue weighted by atomic mass is 10.1. The molecule has 0 atom stereocenters. The second-order valence-electron chi connectivity index (χ2n) is 4.10. The third kappa shape index (κ3) is 3.71. The fourth-order valence-electron chi connectivity index (χ4n) is 1.09. The molecule has 0 saturated heterocycles. The van der Waals surface area contributed by atoms with Crippen LogP contribution in [0.5, 0.6) is 0 Å². The van der Waals surface area contributed by atoms with Crippen molar-refractivity contribution in [3.8, 4) is 0 Å². The molecule has 1 aromatic rings. The summed E-state index contributed by atoms with van der Waals surface area (Å²) >= 11 is 0. The van der Waals surface area contributed by atoms with Crippen molar-refractivity contribution in [1.82, 2.24) is 15.1 Å². The van der Waals surface area contributed by atoms with E-state index in [4.69, 9.17) is 0 Å². The molecule has 1 aromatic heterocycles. The number of aliphatic hydroxyl groups is 1. The SMILES string of the molecule is Cc1cnn(CCNC(=O)C(C)(C)O)c1. The molecule has 0 radical (unpaired) electrons. The maximum atomic E-state index is 11.3. The summed E-state index contributed by atoms with van der Waals surface area (Å²) in [5, 5.41) is 16.1. The van der Waals surface area contributed by atoms with Crippen LogP contribution < -0.4 is 5.32 Å². The van der Waals surface area contributed by atoms with Crippen molar-refractivity contribution >= 4 is 5.91 Å². The van der Waals surface area contributed by atoms with Gasteiger partial charge in [-0.1, -0.05) is 0 Å². The van der Waals surface area contributed by atoms with E-state index in [9.17, 15) is 9.90 Å². The maximum absolute atomic E-state index is 11.3. The highest BCUT2D eigenvalue weighted by Crippen LogP contribution is 1.99. The molecule has 1 rings (SSSR count). The van der Waals surface area contributed by atoms with Crippen molar-refractivity contribution in [2.24, 2.45) is 0 Å². The Morgan fingerprint density at radius 1 is 1.67 bits per heavy atom. The zero-order chi connectivity index (χ0) is 11.5. The highest BCUT2D eigenvalue weighted by Gasteiger charge is 2.22. The predicted octanol–water partition coefficient (Wildman–Crippen LogP) is 0.0786. The molecule has 0 aromatic carbocycles. The molecule has 0 aliphatic carbocycles. The van der Waals surface area contributed by atoms with Crippen molar-refractivity contribution in [3.05, 3.63) is 18.0 Å². The zero-order valence-corrected chi connectivity index (χ0v) is 9.32. The van der Waals surface area contributed by atoms with Crippen molar-refractivity contribution in [2.45, 2.75) is 32.9 Å². The number of aryl methyl sites for hydroxylation is 1. The molecule has 1 heterocycles. The average molecular weight is 211 g/mol. The molecule has 84 valence electrons. The summed E-state index contributed by atoms with van der Waals surface area (Å²) in [7, 11) is 0. The molecule has 0 saturated carbocycles. The Bertz CT molecular complexity index is 339. The zero-order valence-electron chi connectivity index (χ0n) is 9.32. The van der Waals surface area contributed by atoms with E-state index >= 15 is 0 Å². The van der Waals surface area contributed by atoms with Crippen LogP contribution in [0.4, 0.5) is 0 Å². The van der Waals surface area contributed by atoms with Gasteiger partial charge in [0.1, 0.15) is 5.60 Å². The quantitative estimate of drug-likeness (QED) is 0.741. The smallest absolute Gasteiger partial charge is 0.251 e. The third-order valence-electron chi connectivity index (χ3n) is 1.94. The Morgan fingerprint density at radius 2 is 2.33 bits per heavy atom. The Kier molecular flexibility index (Phi) is 3.47. The summed E-state index contributed by atoms with van der Waals surface area (Å²) in [5.74, 6) is -0.369. The van der Waals surface area contributed by atoms with Gasteiger partial charge in [0.25, 0.3) is 5.91 Å².